The quantitative estimate of drug-likeness (QED) is 0.566. The molecule has 0 radical (unpaired) electrons. The number of nitrogens with zero attached hydrogens (tertiary/aromatic N) is 2. The molecule has 29 heavy (non-hydrogen) atoms. The molecule has 0 saturated heterocycles. The number of aromatic hydroxyl groups is 1. The minimum Gasteiger partial charge on any atom is -0.503 e. The van der Waals surface area contributed by atoms with Gasteiger partial charge in [-0.05, 0) is 39.0 Å². The zero-order valence-electron chi connectivity index (χ0n) is 16.0. The van der Waals surface area contributed by atoms with Gasteiger partial charge in [-0.15, -0.1) is 11.3 Å². The summed E-state index contributed by atoms with van der Waals surface area (Å²) in [4.78, 5) is 9.43. The fraction of sp³-hybridized carbons (Fsp3) is 0.300. The van der Waals surface area contributed by atoms with E-state index in [-0.39, 0.29) is 18.9 Å². The van der Waals surface area contributed by atoms with Gasteiger partial charge in [0.15, 0.2) is 17.4 Å². The second kappa shape index (κ2) is 8.10. The summed E-state index contributed by atoms with van der Waals surface area (Å²) in [7, 11) is 0. The lowest BCUT2D eigenvalue weighted by molar-refractivity contribution is -0.0269. The maximum atomic E-state index is 14.2. The molecule has 2 heterocycles. The fourth-order valence-electron chi connectivity index (χ4n) is 2.62. The molecule has 9 heteroatoms. The Kier molecular flexibility index (Phi) is 5.92. The first-order valence-corrected chi connectivity index (χ1v) is 9.49. The number of pyridine rings is 1. The Labute approximate surface area is 169 Å². The Bertz CT molecular complexity index is 1050. The van der Waals surface area contributed by atoms with E-state index in [2.05, 4.69) is 9.97 Å². The van der Waals surface area contributed by atoms with E-state index in [4.69, 9.17) is 4.74 Å². The molecule has 0 bridgehead atoms. The second-order valence-electron chi connectivity index (χ2n) is 7.12. The number of aliphatic hydroxyl groups is 1. The number of thiazole rings is 1. The fourth-order valence-corrected chi connectivity index (χ4v) is 3.59. The van der Waals surface area contributed by atoms with Crippen molar-refractivity contribution in [2.24, 2.45) is 0 Å². The van der Waals surface area contributed by atoms with Gasteiger partial charge in [0.25, 0.3) is 0 Å². The summed E-state index contributed by atoms with van der Waals surface area (Å²) in [6, 6.07) is 5.39. The number of aryl methyl sites for hydroxylation is 1. The van der Waals surface area contributed by atoms with Crippen molar-refractivity contribution in [2.75, 3.05) is 6.61 Å². The molecule has 0 atom stereocenters. The average molecular weight is 424 g/mol. The summed E-state index contributed by atoms with van der Waals surface area (Å²) in [6.07, 6.45) is 0. The Balaban J connectivity index is 1.91. The lowest BCUT2D eigenvalue weighted by Crippen LogP contribution is -2.25. The number of aromatic nitrogens is 2. The molecule has 0 saturated carbocycles. The van der Waals surface area contributed by atoms with Crippen LogP contribution in [0, 0.1) is 24.4 Å². The third-order valence-corrected chi connectivity index (χ3v) is 5.07. The van der Waals surface area contributed by atoms with Crippen LogP contribution in [-0.4, -0.2) is 32.4 Å². The number of phenols is 1. The molecule has 3 rings (SSSR count). The number of benzene rings is 1. The maximum Gasteiger partial charge on any atom is 0.204 e. The van der Waals surface area contributed by atoms with Crippen LogP contribution in [-0.2, 0) is 11.3 Å². The first-order chi connectivity index (χ1) is 13.6. The zero-order valence-corrected chi connectivity index (χ0v) is 16.8. The van der Waals surface area contributed by atoms with Gasteiger partial charge in [-0.1, -0.05) is 6.07 Å². The van der Waals surface area contributed by atoms with E-state index in [1.807, 2.05) is 0 Å². The maximum absolute atomic E-state index is 14.2. The van der Waals surface area contributed by atoms with Crippen LogP contribution in [0.1, 0.15) is 24.5 Å². The van der Waals surface area contributed by atoms with Gasteiger partial charge in [-0.25, -0.2) is 18.7 Å². The van der Waals surface area contributed by atoms with Crippen LogP contribution in [0.5, 0.6) is 5.75 Å². The van der Waals surface area contributed by atoms with Gasteiger partial charge in [0.1, 0.15) is 5.01 Å². The molecule has 5 nitrogen and oxygen atoms in total. The van der Waals surface area contributed by atoms with Gasteiger partial charge in [-0.3, -0.25) is 0 Å². The van der Waals surface area contributed by atoms with Crippen LogP contribution in [0.15, 0.2) is 24.3 Å². The second-order valence-corrected chi connectivity index (χ2v) is 8.20. The molecule has 0 aliphatic carbocycles. The Hall–Kier alpha value is -2.49. The number of halogens is 3. The highest BCUT2D eigenvalue weighted by molar-refractivity contribution is 7.15. The zero-order chi connectivity index (χ0) is 21.3. The highest BCUT2D eigenvalue weighted by Crippen LogP contribution is 2.34. The van der Waals surface area contributed by atoms with Crippen LogP contribution in [0.2, 0.25) is 0 Å². The number of phenolic OH excluding ortho intramolecular Hbond substituents is 1. The van der Waals surface area contributed by atoms with Crippen molar-refractivity contribution in [1.29, 1.82) is 0 Å². The van der Waals surface area contributed by atoms with Gasteiger partial charge in [-0.2, -0.15) is 4.39 Å². The molecule has 0 unspecified atom stereocenters. The molecule has 0 aliphatic rings. The normalized spacial score (nSPS) is 11.8. The van der Waals surface area contributed by atoms with E-state index >= 15 is 0 Å². The standard InChI is InChI=1S/C20H19F3N2O3S/c1-10-19(29-15(24-10)8-28-9-20(2,3)27)14-6-4-5-13(25-14)11-7-12(21)18(26)17(23)16(11)22/h4-7,26-27H,8-9H2,1-3H3. The molecule has 154 valence electrons. The van der Waals surface area contributed by atoms with Crippen LogP contribution in [0.4, 0.5) is 13.2 Å². The van der Waals surface area contributed by atoms with Crippen molar-refractivity contribution in [3.8, 4) is 27.6 Å². The summed E-state index contributed by atoms with van der Waals surface area (Å²) < 4.78 is 47.0. The summed E-state index contributed by atoms with van der Waals surface area (Å²) in [5.74, 6) is -5.68. The highest BCUT2D eigenvalue weighted by Gasteiger charge is 2.21. The van der Waals surface area contributed by atoms with E-state index in [1.165, 1.54) is 17.4 Å². The molecular formula is C20H19F3N2O3S. The van der Waals surface area contributed by atoms with Gasteiger partial charge < -0.3 is 14.9 Å². The Morgan fingerprint density at radius 3 is 2.48 bits per heavy atom. The summed E-state index contributed by atoms with van der Waals surface area (Å²) in [5, 5.41) is 19.6. The monoisotopic (exact) mass is 424 g/mol. The molecule has 0 amide bonds. The SMILES string of the molecule is Cc1nc(COCC(C)(C)O)sc1-c1cccc(-c2cc(F)c(O)c(F)c2F)n1. The predicted molar refractivity (Wildman–Crippen MR) is 103 cm³/mol. The highest BCUT2D eigenvalue weighted by atomic mass is 32.1. The van der Waals surface area contributed by atoms with Gasteiger partial charge >= 0.3 is 0 Å². The smallest absolute Gasteiger partial charge is 0.204 e. The minimum atomic E-state index is -1.66. The molecular weight excluding hydrogens is 405 g/mol. The van der Waals surface area contributed by atoms with Crippen LogP contribution in [0.25, 0.3) is 21.8 Å². The molecule has 3 aromatic rings. The topological polar surface area (TPSA) is 75.5 Å². The van der Waals surface area contributed by atoms with Gasteiger partial charge in [0.2, 0.25) is 5.82 Å². The Morgan fingerprint density at radius 2 is 1.79 bits per heavy atom. The summed E-state index contributed by atoms with van der Waals surface area (Å²) >= 11 is 1.32. The van der Waals surface area contributed by atoms with E-state index in [9.17, 15) is 23.4 Å². The predicted octanol–water partition coefficient (Wildman–Crippen LogP) is 4.59. The first-order valence-electron chi connectivity index (χ1n) is 8.67. The third kappa shape index (κ3) is 4.75. The van der Waals surface area contributed by atoms with Crippen molar-refractivity contribution in [3.05, 3.63) is 52.4 Å². The molecule has 0 spiro atoms. The molecule has 0 aliphatic heterocycles. The summed E-state index contributed by atoms with van der Waals surface area (Å²) in [5.41, 5.74) is -0.199. The van der Waals surface area contributed by atoms with Crippen LogP contribution >= 0.6 is 11.3 Å². The molecule has 2 aromatic heterocycles. The van der Waals surface area contributed by atoms with E-state index < -0.39 is 34.4 Å². The number of ether oxygens (including phenoxy) is 1. The lowest BCUT2D eigenvalue weighted by atomic mass is 10.1. The Morgan fingerprint density at radius 1 is 1.10 bits per heavy atom. The van der Waals surface area contributed by atoms with Crippen molar-refractivity contribution in [2.45, 2.75) is 33.0 Å². The lowest BCUT2D eigenvalue weighted by Gasteiger charge is -2.16. The number of hydrogen-bond acceptors (Lipinski definition) is 6. The van der Waals surface area contributed by atoms with E-state index in [1.54, 1.807) is 32.9 Å². The largest absolute Gasteiger partial charge is 0.503 e. The van der Waals surface area contributed by atoms with Crippen LogP contribution < -0.4 is 0 Å². The van der Waals surface area contributed by atoms with Gasteiger partial charge in [0.05, 0.1) is 40.8 Å². The summed E-state index contributed by atoms with van der Waals surface area (Å²) in [6.45, 7) is 5.40. The number of hydrogen-bond donors (Lipinski definition) is 2. The molecule has 1 aromatic carbocycles. The van der Waals surface area contributed by atoms with Crippen molar-refractivity contribution < 1.29 is 28.1 Å². The van der Waals surface area contributed by atoms with Crippen molar-refractivity contribution in [3.63, 3.8) is 0 Å². The minimum absolute atomic E-state index is 0.0189. The van der Waals surface area contributed by atoms with E-state index in [0.29, 0.717) is 27.3 Å². The van der Waals surface area contributed by atoms with E-state index in [0.717, 1.165) is 0 Å². The molecule has 0 fully saturated rings. The van der Waals surface area contributed by atoms with Crippen molar-refractivity contribution in [1.82, 2.24) is 9.97 Å². The first kappa shape index (κ1) is 21.2. The number of rotatable bonds is 6. The van der Waals surface area contributed by atoms with Crippen LogP contribution in [0.3, 0.4) is 0 Å². The van der Waals surface area contributed by atoms with Crippen molar-refractivity contribution >= 4 is 11.3 Å². The third-order valence-electron chi connectivity index (χ3n) is 3.91. The average Bonchev–Trinajstić information content (AvgIpc) is 3.02. The molecule has 2 N–H and O–H groups in total. The van der Waals surface area contributed by atoms with Gasteiger partial charge in [0, 0.05) is 5.56 Å².